The van der Waals surface area contributed by atoms with Crippen molar-refractivity contribution in [2.24, 2.45) is 0 Å². The number of ether oxygens (including phenoxy) is 2. The number of rotatable bonds is 6. The molecule has 3 aromatic heterocycles. The van der Waals surface area contributed by atoms with Crippen molar-refractivity contribution < 1.29 is 19.1 Å². The van der Waals surface area contributed by atoms with E-state index in [1.54, 1.807) is 21.7 Å². The summed E-state index contributed by atoms with van der Waals surface area (Å²) in [5.41, 5.74) is 5.37. The summed E-state index contributed by atoms with van der Waals surface area (Å²) in [4.78, 5) is 35.1. The van der Waals surface area contributed by atoms with Crippen LogP contribution < -0.4 is 25.6 Å². The van der Waals surface area contributed by atoms with Gasteiger partial charge in [-0.2, -0.15) is 10.4 Å². The zero-order valence-electron chi connectivity index (χ0n) is 26.2. The van der Waals surface area contributed by atoms with Crippen molar-refractivity contribution in [1.29, 1.82) is 5.26 Å². The van der Waals surface area contributed by atoms with Crippen molar-refractivity contribution in [3.8, 4) is 23.2 Å². The number of carbonyl (C=O) groups is 2. The van der Waals surface area contributed by atoms with Crippen molar-refractivity contribution in [3.05, 3.63) is 66.0 Å². The maximum absolute atomic E-state index is 13.8. The molecule has 3 aliphatic rings. The van der Waals surface area contributed by atoms with E-state index in [4.69, 9.17) is 9.47 Å². The van der Waals surface area contributed by atoms with E-state index in [9.17, 15) is 14.9 Å². The first-order valence-electron chi connectivity index (χ1n) is 16.0. The third-order valence-corrected chi connectivity index (χ3v) is 9.06. The zero-order chi connectivity index (χ0) is 32.3. The molecule has 0 bridgehead atoms. The number of nitriles is 1. The Labute approximate surface area is 272 Å². The average molecular weight is 636 g/mol. The monoisotopic (exact) mass is 635 g/mol. The van der Waals surface area contributed by atoms with Crippen LogP contribution in [-0.4, -0.2) is 90.0 Å². The van der Waals surface area contributed by atoms with E-state index in [0.29, 0.717) is 55.4 Å². The lowest BCUT2D eigenvalue weighted by Crippen LogP contribution is -2.51. The van der Waals surface area contributed by atoms with Gasteiger partial charge in [-0.15, -0.1) is 0 Å². The second-order valence-corrected chi connectivity index (χ2v) is 12.2. The molecule has 1 saturated carbocycles. The Balaban J connectivity index is 1.10. The summed E-state index contributed by atoms with van der Waals surface area (Å²) in [5.74, 6) is 0.551. The summed E-state index contributed by atoms with van der Waals surface area (Å²) in [6.45, 7) is 3.76. The van der Waals surface area contributed by atoms with Gasteiger partial charge in [0.1, 0.15) is 18.4 Å². The van der Waals surface area contributed by atoms with Crippen LogP contribution in [-0.2, 0) is 4.74 Å². The van der Waals surface area contributed by atoms with Crippen LogP contribution >= 0.6 is 0 Å². The molecule has 13 heteroatoms. The summed E-state index contributed by atoms with van der Waals surface area (Å²) >= 11 is 0. The Bertz CT molecular complexity index is 1840. The molecular weight excluding hydrogens is 598 g/mol. The highest BCUT2D eigenvalue weighted by atomic mass is 16.5. The first-order chi connectivity index (χ1) is 22.9. The zero-order valence-corrected chi connectivity index (χ0v) is 26.2. The predicted molar refractivity (Wildman–Crippen MR) is 176 cm³/mol. The van der Waals surface area contributed by atoms with Crippen LogP contribution in [0.25, 0.3) is 16.9 Å². The van der Waals surface area contributed by atoms with Crippen molar-refractivity contribution >= 4 is 34.5 Å². The SMILES string of the molecule is CN1CCOc2cc(Nc3cc(-c4ccc5cc(C#N)cnn45)ncc3C(=O)NC3CCC(NC(=O)N4CCOCC4)CC3)ccc21. The Morgan fingerprint density at radius 2 is 1.72 bits per heavy atom. The molecule has 1 saturated heterocycles. The van der Waals surface area contributed by atoms with Gasteiger partial charge in [0.15, 0.2) is 0 Å². The maximum Gasteiger partial charge on any atom is 0.317 e. The molecular formula is C34H37N9O4. The normalized spacial score (nSPS) is 19.3. The Hall–Kier alpha value is -5.35. The van der Waals surface area contributed by atoms with Crippen LogP contribution in [0, 0.1) is 11.3 Å². The smallest absolute Gasteiger partial charge is 0.317 e. The molecule has 4 aromatic rings. The first kappa shape index (κ1) is 30.3. The molecule has 0 radical (unpaired) electrons. The van der Waals surface area contributed by atoms with Gasteiger partial charge in [-0.1, -0.05) is 0 Å². The number of anilines is 3. The van der Waals surface area contributed by atoms with Crippen LogP contribution in [0.15, 0.2) is 54.9 Å². The van der Waals surface area contributed by atoms with Crippen molar-refractivity contribution in [2.45, 2.75) is 37.8 Å². The van der Waals surface area contributed by atoms with Gasteiger partial charge in [-0.3, -0.25) is 9.78 Å². The number of likely N-dealkylation sites (N-methyl/N-ethyl adjacent to an activating group) is 1. The molecule has 47 heavy (non-hydrogen) atoms. The van der Waals surface area contributed by atoms with Crippen LogP contribution in [0.4, 0.5) is 21.9 Å². The van der Waals surface area contributed by atoms with Gasteiger partial charge in [-0.05, 0) is 62.1 Å². The molecule has 7 rings (SSSR count). The number of hydrogen-bond donors (Lipinski definition) is 3. The Morgan fingerprint density at radius 1 is 0.936 bits per heavy atom. The number of aromatic nitrogens is 3. The number of benzene rings is 1. The predicted octanol–water partition coefficient (Wildman–Crippen LogP) is 3.92. The molecule has 5 heterocycles. The second kappa shape index (κ2) is 13.2. The third-order valence-electron chi connectivity index (χ3n) is 9.06. The van der Waals surface area contributed by atoms with E-state index in [1.807, 2.05) is 43.4 Å². The molecule has 3 amide bonds. The molecule has 0 spiro atoms. The molecule has 2 aliphatic heterocycles. The van der Waals surface area contributed by atoms with Crippen LogP contribution in [0.1, 0.15) is 41.6 Å². The molecule has 3 N–H and O–H groups in total. The summed E-state index contributed by atoms with van der Waals surface area (Å²) in [5, 5.41) is 23.6. The quantitative estimate of drug-likeness (QED) is 0.287. The second-order valence-electron chi connectivity index (χ2n) is 12.2. The van der Waals surface area contributed by atoms with Gasteiger partial charge >= 0.3 is 6.03 Å². The highest BCUT2D eigenvalue weighted by Gasteiger charge is 2.27. The van der Waals surface area contributed by atoms with Crippen molar-refractivity contribution in [2.75, 3.05) is 56.7 Å². The number of nitrogens with zero attached hydrogens (tertiary/aromatic N) is 6. The maximum atomic E-state index is 13.8. The van der Waals surface area contributed by atoms with Crippen LogP contribution in [0.5, 0.6) is 5.75 Å². The summed E-state index contributed by atoms with van der Waals surface area (Å²) in [6.07, 6.45) is 6.20. The average Bonchev–Trinajstić information content (AvgIpc) is 3.53. The molecule has 1 aromatic carbocycles. The van der Waals surface area contributed by atoms with E-state index in [2.05, 4.69) is 37.0 Å². The lowest BCUT2D eigenvalue weighted by molar-refractivity contribution is 0.0520. The molecule has 0 atom stereocenters. The third kappa shape index (κ3) is 6.50. The highest BCUT2D eigenvalue weighted by molar-refractivity contribution is 6.01. The standard InChI is InChI=1S/C34H37N9O4/c1-41-10-15-47-32-17-25(6-8-31(32)41)38-28-18-29(30-9-7-26-16-22(19-35)20-37-43(26)30)36-21-27(28)33(44)39-23-2-4-24(5-3-23)40-34(45)42-11-13-46-14-12-42/h6-9,16-18,20-21,23-24H,2-5,10-15H2,1H3,(H,36,38)(H,39,44)(H,40,45). The molecule has 1 aliphatic carbocycles. The van der Waals surface area contributed by atoms with E-state index in [-0.39, 0.29) is 24.0 Å². The van der Waals surface area contributed by atoms with Crippen LogP contribution in [0.3, 0.4) is 0 Å². The fraction of sp³-hybridized carbons (Fsp3) is 0.382. The van der Waals surface area contributed by atoms with E-state index < -0.39 is 0 Å². The lowest BCUT2D eigenvalue weighted by Gasteiger charge is -2.33. The van der Waals surface area contributed by atoms with Gasteiger partial charge in [0.2, 0.25) is 0 Å². The molecule has 242 valence electrons. The minimum Gasteiger partial charge on any atom is -0.489 e. The van der Waals surface area contributed by atoms with Gasteiger partial charge in [0.25, 0.3) is 5.91 Å². The van der Waals surface area contributed by atoms with Crippen molar-refractivity contribution in [3.63, 3.8) is 0 Å². The van der Waals surface area contributed by atoms with Gasteiger partial charge < -0.3 is 35.2 Å². The first-order valence-corrected chi connectivity index (χ1v) is 16.0. The number of pyridine rings is 1. The van der Waals surface area contributed by atoms with Crippen LogP contribution in [0.2, 0.25) is 0 Å². The van der Waals surface area contributed by atoms with E-state index in [1.165, 1.54) is 6.20 Å². The molecule has 0 unspecified atom stereocenters. The summed E-state index contributed by atoms with van der Waals surface area (Å²) in [7, 11) is 2.03. The minimum atomic E-state index is -0.224. The summed E-state index contributed by atoms with van der Waals surface area (Å²) < 4.78 is 13.0. The number of morpholine rings is 1. The minimum absolute atomic E-state index is 0.0210. The van der Waals surface area contributed by atoms with Crippen molar-refractivity contribution in [1.82, 2.24) is 30.1 Å². The number of fused-ring (bicyclic) bond motifs is 2. The van der Waals surface area contributed by atoms with Gasteiger partial charge in [0.05, 0.1) is 65.4 Å². The number of nitrogens with one attached hydrogen (secondary N) is 3. The topological polar surface area (TPSA) is 149 Å². The fourth-order valence-electron chi connectivity index (χ4n) is 6.40. The largest absolute Gasteiger partial charge is 0.489 e. The summed E-state index contributed by atoms with van der Waals surface area (Å²) in [6, 6.07) is 15.5. The Morgan fingerprint density at radius 3 is 2.51 bits per heavy atom. The van der Waals surface area contributed by atoms with E-state index in [0.717, 1.165) is 60.6 Å². The van der Waals surface area contributed by atoms with Gasteiger partial charge in [0, 0.05) is 50.2 Å². The number of carbonyl (C=O) groups excluding carboxylic acids is 2. The lowest BCUT2D eigenvalue weighted by atomic mass is 9.91. The van der Waals surface area contributed by atoms with Gasteiger partial charge in [-0.25, -0.2) is 9.31 Å². The molecule has 13 nitrogen and oxygen atoms in total. The molecule has 2 fully saturated rings. The highest BCUT2D eigenvalue weighted by Crippen LogP contribution is 2.35. The Kier molecular flexibility index (Phi) is 8.50. The number of urea groups is 1. The number of hydrogen-bond acceptors (Lipinski definition) is 9. The fourth-order valence-corrected chi connectivity index (χ4v) is 6.40. The number of amides is 3. The van der Waals surface area contributed by atoms with E-state index >= 15 is 0 Å².